The number of rotatable bonds is 10. The maximum atomic E-state index is 2.45. The molecule has 2 nitrogen and oxygen atoms in total. The van der Waals surface area contributed by atoms with Crippen molar-refractivity contribution in [3.63, 3.8) is 0 Å². The fourth-order valence-corrected chi connectivity index (χ4v) is 7.98. The van der Waals surface area contributed by atoms with Crippen molar-refractivity contribution in [3.8, 4) is 22.3 Å². The lowest BCUT2D eigenvalue weighted by Crippen LogP contribution is -2.10. The summed E-state index contributed by atoms with van der Waals surface area (Å²) in [6.45, 7) is 4.41. The predicted molar refractivity (Wildman–Crippen MR) is 219 cm³/mol. The first-order valence-electron chi connectivity index (χ1n) is 18.5. The van der Waals surface area contributed by atoms with Gasteiger partial charge in [-0.1, -0.05) is 129 Å². The number of anilines is 3. The van der Waals surface area contributed by atoms with Crippen molar-refractivity contribution in [1.82, 2.24) is 4.40 Å². The minimum Gasteiger partial charge on any atom is -0.311 e. The van der Waals surface area contributed by atoms with E-state index >= 15 is 0 Å². The molecule has 0 atom stereocenters. The van der Waals surface area contributed by atoms with Crippen molar-refractivity contribution >= 4 is 55.2 Å². The standard InChI is InChI=1S/C49H42N2/c1-3-4-5-6-11-35-18-26-40(27-19-35)50(41-28-22-37(23-29-41)36-20-16-34(2)17-21-36)42-30-24-38(25-31-42)39-32-45-43-12-7-9-14-47(43)51-48-15-10-8-13-44(48)46(33-39)49(45)51/h7-10,12-33H,3-6,11H2,1-2H3. The molecule has 0 aliphatic rings. The van der Waals surface area contributed by atoms with Crippen LogP contribution in [0.1, 0.15) is 43.7 Å². The van der Waals surface area contributed by atoms with E-state index in [4.69, 9.17) is 0 Å². The van der Waals surface area contributed by atoms with Gasteiger partial charge in [-0.3, -0.25) is 0 Å². The molecule has 0 amide bonds. The molecule has 0 fully saturated rings. The first kappa shape index (κ1) is 31.1. The molecule has 2 heterocycles. The highest BCUT2D eigenvalue weighted by Gasteiger charge is 2.19. The van der Waals surface area contributed by atoms with Crippen LogP contribution in [-0.2, 0) is 6.42 Å². The molecule has 51 heavy (non-hydrogen) atoms. The van der Waals surface area contributed by atoms with E-state index in [9.17, 15) is 0 Å². The molecular weight excluding hydrogens is 617 g/mol. The lowest BCUT2D eigenvalue weighted by atomic mass is 9.99. The van der Waals surface area contributed by atoms with Gasteiger partial charge in [0.1, 0.15) is 0 Å². The molecule has 9 aromatic rings. The maximum Gasteiger partial charge on any atom is 0.0620 e. The van der Waals surface area contributed by atoms with Crippen molar-refractivity contribution in [2.45, 2.75) is 46.0 Å². The van der Waals surface area contributed by atoms with E-state index in [0.29, 0.717) is 0 Å². The van der Waals surface area contributed by atoms with Gasteiger partial charge in [0.15, 0.2) is 0 Å². The third-order valence-corrected chi connectivity index (χ3v) is 10.7. The zero-order valence-electron chi connectivity index (χ0n) is 29.4. The third-order valence-electron chi connectivity index (χ3n) is 10.7. The third kappa shape index (κ3) is 5.62. The fourth-order valence-electron chi connectivity index (χ4n) is 7.98. The van der Waals surface area contributed by atoms with Crippen LogP contribution in [0, 0.1) is 6.92 Å². The van der Waals surface area contributed by atoms with Gasteiger partial charge in [0.25, 0.3) is 0 Å². The van der Waals surface area contributed by atoms with Gasteiger partial charge in [-0.25, -0.2) is 0 Å². The van der Waals surface area contributed by atoms with E-state index in [1.54, 1.807) is 0 Å². The lowest BCUT2D eigenvalue weighted by Gasteiger charge is -2.26. The van der Waals surface area contributed by atoms with E-state index in [-0.39, 0.29) is 0 Å². The molecule has 0 radical (unpaired) electrons. The van der Waals surface area contributed by atoms with Crippen LogP contribution in [0.15, 0.2) is 158 Å². The maximum absolute atomic E-state index is 2.45. The number of benzene rings is 7. The normalized spacial score (nSPS) is 11.7. The second-order valence-electron chi connectivity index (χ2n) is 14.1. The molecule has 7 aromatic carbocycles. The SMILES string of the molecule is CCCCCCc1ccc(N(c2ccc(-c3ccc(C)cc3)cc2)c2ccc(-c3cc4c5ccccc5n5c6ccccc6c(c3)c45)cc2)cc1. The van der Waals surface area contributed by atoms with Crippen LogP contribution in [0.5, 0.6) is 0 Å². The molecule has 0 spiro atoms. The Morgan fingerprint density at radius 1 is 0.451 bits per heavy atom. The summed E-state index contributed by atoms with van der Waals surface area (Å²) in [5.41, 5.74) is 14.9. The lowest BCUT2D eigenvalue weighted by molar-refractivity contribution is 0.667. The van der Waals surface area contributed by atoms with Crippen LogP contribution in [-0.4, -0.2) is 4.40 Å². The van der Waals surface area contributed by atoms with Gasteiger partial charge in [0, 0.05) is 38.6 Å². The minimum absolute atomic E-state index is 1.13. The van der Waals surface area contributed by atoms with Gasteiger partial charge in [0.05, 0.1) is 16.6 Å². The second kappa shape index (κ2) is 13.1. The molecule has 2 aromatic heterocycles. The number of hydrogen-bond acceptors (Lipinski definition) is 1. The van der Waals surface area contributed by atoms with Crippen LogP contribution >= 0.6 is 0 Å². The van der Waals surface area contributed by atoms with E-state index in [1.165, 1.54) is 103 Å². The van der Waals surface area contributed by atoms with Crippen LogP contribution in [0.4, 0.5) is 17.1 Å². The second-order valence-corrected chi connectivity index (χ2v) is 14.1. The number of hydrogen-bond donors (Lipinski definition) is 0. The first-order chi connectivity index (χ1) is 25.2. The summed E-state index contributed by atoms with van der Waals surface area (Å²) in [4.78, 5) is 2.39. The molecule has 0 saturated carbocycles. The van der Waals surface area contributed by atoms with Crippen LogP contribution in [0.25, 0.3) is 60.3 Å². The van der Waals surface area contributed by atoms with Gasteiger partial charge in [0.2, 0.25) is 0 Å². The van der Waals surface area contributed by atoms with Crippen LogP contribution in [0.3, 0.4) is 0 Å². The molecular formula is C49H42N2. The zero-order valence-corrected chi connectivity index (χ0v) is 29.4. The molecule has 248 valence electrons. The summed E-state index contributed by atoms with van der Waals surface area (Å²) < 4.78 is 2.45. The highest BCUT2D eigenvalue weighted by atomic mass is 15.1. The summed E-state index contributed by atoms with van der Waals surface area (Å²) in [6, 6.07) is 58.5. The van der Waals surface area contributed by atoms with E-state index in [0.717, 1.165) is 17.8 Å². The number of fused-ring (bicyclic) bond motifs is 6. The largest absolute Gasteiger partial charge is 0.311 e. The predicted octanol–water partition coefficient (Wildman–Crippen LogP) is 14.1. The quantitative estimate of drug-likeness (QED) is 0.133. The summed E-state index contributed by atoms with van der Waals surface area (Å²) in [7, 11) is 0. The summed E-state index contributed by atoms with van der Waals surface area (Å²) >= 11 is 0. The highest BCUT2D eigenvalue weighted by molar-refractivity contribution is 6.24. The van der Waals surface area contributed by atoms with Crippen molar-refractivity contribution < 1.29 is 0 Å². The monoisotopic (exact) mass is 658 g/mol. The Hall–Kier alpha value is -5.86. The number of para-hydroxylation sites is 2. The zero-order chi connectivity index (χ0) is 34.3. The molecule has 2 heteroatoms. The molecule has 0 aliphatic carbocycles. The fraction of sp³-hybridized carbons (Fsp3) is 0.143. The Labute approximate surface area is 300 Å². The van der Waals surface area contributed by atoms with E-state index in [2.05, 4.69) is 181 Å². The molecule has 0 aliphatic heterocycles. The molecule has 9 rings (SSSR count). The number of unbranched alkanes of at least 4 members (excludes halogenated alkanes) is 3. The van der Waals surface area contributed by atoms with Crippen LogP contribution in [0.2, 0.25) is 0 Å². The van der Waals surface area contributed by atoms with E-state index < -0.39 is 0 Å². The number of nitrogens with zero attached hydrogens (tertiary/aromatic N) is 2. The van der Waals surface area contributed by atoms with Gasteiger partial charge in [-0.2, -0.15) is 0 Å². The Morgan fingerprint density at radius 3 is 1.45 bits per heavy atom. The number of aromatic nitrogens is 1. The summed E-state index contributed by atoms with van der Waals surface area (Å²) in [5.74, 6) is 0. The molecule has 0 unspecified atom stereocenters. The van der Waals surface area contributed by atoms with Gasteiger partial charge < -0.3 is 9.30 Å². The topological polar surface area (TPSA) is 7.65 Å². The van der Waals surface area contributed by atoms with Crippen molar-refractivity contribution in [2.24, 2.45) is 0 Å². The Balaban J connectivity index is 1.11. The summed E-state index contributed by atoms with van der Waals surface area (Å²) in [6.07, 6.45) is 6.26. The average molecular weight is 659 g/mol. The van der Waals surface area contributed by atoms with Crippen LogP contribution < -0.4 is 4.90 Å². The smallest absolute Gasteiger partial charge is 0.0620 e. The van der Waals surface area contributed by atoms with E-state index in [1.807, 2.05) is 0 Å². The van der Waals surface area contributed by atoms with Crippen molar-refractivity contribution in [2.75, 3.05) is 4.90 Å². The highest BCUT2D eigenvalue weighted by Crippen LogP contribution is 2.42. The molecule has 0 N–H and O–H groups in total. The number of aryl methyl sites for hydroxylation is 2. The molecule has 0 bridgehead atoms. The van der Waals surface area contributed by atoms with Gasteiger partial charge in [-0.15, -0.1) is 0 Å². The van der Waals surface area contributed by atoms with Crippen molar-refractivity contribution in [3.05, 3.63) is 169 Å². The van der Waals surface area contributed by atoms with Gasteiger partial charge in [-0.05, 0) is 108 Å². The van der Waals surface area contributed by atoms with Gasteiger partial charge >= 0.3 is 0 Å². The Morgan fingerprint density at radius 2 is 0.922 bits per heavy atom. The Bertz CT molecular complexity index is 2510. The minimum atomic E-state index is 1.13. The molecule has 0 saturated heterocycles. The Kier molecular flexibility index (Phi) is 8.01. The first-order valence-corrected chi connectivity index (χ1v) is 18.5. The average Bonchev–Trinajstić information content (AvgIpc) is 3.70. The summed E-state index contributed by atoms with van der Waals surface area (Å²) in [5, 5.41) is 5.22. The van der Waals surface area contributed by atoms with Crippen molar-refractivity contribution in [1.29, 1.82) is 0 Å².